The van der Waals surface area contributed by atoms with Crippen molar-refractivity contribution in [1.29, 1.82) is 0 Å². The van der Waals surface area contributed by atoms with Gasteiger partial charge in [0.15, 0.2) is 0 Å². The van der Waals surface area contributed by atoms with E-state index in [1.165, 1.54) is 30.2 Å². The monoisotopic (exact) mass is 500 g/mol. The van der Waals surface area contributed by atoms with Crippen LogP contribution in [0, 0.1) is 11.8 Å². The first-order chi connectivity index (χ1) is 17.8. The van der Waals surface area contributed by atoms with Crippen molar-refractivity contribution in [3.05, 3.63) is 70.8 Å². The minimum absolute atomic E-state index is 0.000816. The number of para-hydroxylation sites is 1. The summed E-state index contributed by atoms with van der Waals surface area (Å²) >= 11 is 0. The predicted octanol–water partition coefficient (Wildman–Crippen LogP) is 4.81. The second-order valence-corrected chi connectivity index (χ2v) is 11.2. The van der Waals surface area contributed by atoms with Crippen LogP contribution >= 0.6 is 0 Å². The highest BCUT2D eigenvalue weighted by Crippen LogP contribution is 2.40. The lowest BCUT2D eigenvalue weighted by atomic mass is 9.98. The first-order valence-corrected chi connectivity index (χ1v) is 13.4. The minimum atomic E-state index is -0.725. The third kappa shape index (κ3) is 5.31. The molecule has 1 saturated heterocycles. The summed E-state index contributed by atoms with van der Waals surface area (Å²) in [5, 5.41) is 3.62. The third-order valence-corrected chi connectivity index (χ3v) is 7.84. The molecule has 3 aromatic rings. The zero-order valence-corrected chi connectivity index (χ0v) is 21.9. The summed E-state index contributed by atoms with van der Waals surface area (Å²) in [7, 11) is 0. The van der Waals surface area contributed by atoms with Crippen LogP contribution in [0.5, 0.6) is 0 Å². The van der Waals surface area contributed by atoms with E-state index >= 15 is 0 Å². The maximum absolute atomic E-state index is 13.8. The molecule has 4 atom stereocenters. The summed E-state index contributed by atoms with van der Waals surface area (Å²) in [5.74, 6) is 0.673. The van der Waals surface area contributed by atoms with E-state index in [1.54, 1.807) is 25.1 Å². The maximum atomic E-state index is 13.8. The van der Waals surface area contributed by atoms with E-state index in [0.717, 1.165) is 23.7 Å². The van der Waals surface area contributed by atoms with E-state index in [4.69, 9.17) is 0 Å². The van der Waals surface area contributed by atoms with Gasteiger partial charge in [-0.3, -0.25) is 19.0 Å². The number of ketones is 1. The van der Waals surface area contributed by atoms with Gasteiger partial charge in [-0.05, 0) is 74.3 Å². The number of benzene rings is 2. The predicted molar refractivity (Wildman–Crippen MR) is 146 cm³/mol. The third-order valence-electron chi connectivity index (χ3n) is 7.84. The summed E-state index contributed by atoms with van der Waals surface area (Å²) < 4.78 is 1.44. The van der Waals surface area contributed by atoms with Crippen LogP contribution < -0.4 is 15.8 Å². The first kappa shape index (κ1) is 25.2. The van der Waals surface area contributed by atoms with Gasteiger partial charge in [0.05, 0.1) is 23.3 Å². The standard InChI is InChI=1S/C30H36N4O3/c1-19(2)13-28(34-18-31-26-10-5-4-9-25(26)30(34)37)29(36)32-27(14-20(3)35)22-7-6-8-23(16-22)33-17-21-11-12-24(33)15-21/h4-10,16,18-19,21,24,27-28H,11-15,17H2,1-3H3,(H,32,36)/t21?,24?,27-,28-/m0/s1. The molecule has 1 amide bonds. The molecule has 2 fully saturated rings. The minimum Gasteiger partial charge on any atom is -0.368 e. The molecule has 1 N–H and O–H groups in total. The van der Waals surface area contributed by atoms with Gasteiger partial charge in [-0.15, -0.1) is 0 Å². The Morgan fingerprint density at radius 3 is 2.62 bits per heavy atom. The summed E-state index contributed by atoms with van der Waals surface area (Å²) in [5.41, 5.74) is 2.44. The van der Waals surface area contributed by atoms with E-state index in [9.17, 15) is 14.4 Å². The molecule has 37 heavy (non-hydrogen) atoms. The molecule has 2 aromatic carbocycles. The largest absolute Gasteiger partial charge is 0.368 e. The SMILES string of the molecule is CC(=O)C[C@H](NC(=O)[C@H](CC(C)C)n1cnc2ccccc2c1=O)c1cccc(N2CC3CCC2C3)c1. The van der Waals surface area contributed by atoms with Crippen molar-refractivity contribution in [3.8, 4) is 0 Å². The highest BCUT2D eigenvalue weighted by molar-refractivity contribution is 5.83. The van der Waals surface area contributed by atoms with Crippen molar-refractivity contribution < 1.29 is 9.59 Å². The van der Waals surface area contributed by atoms with E-state index in [1.807, 2.05) is 32.0 Å². The van der Waals surface area contributed by atoms with Crippen LogP contribution in [0.1, 0.15) is 70.5 Å². The average Bonchev–Trinajstić information content (AvgIpc) is 3.51. The molecular weight excluding hydrogens is 464 g/mol. The first-order valence-electron chi connectivity index (χ1n) is 13.4. The normalized spacial score (nSPS) is 20.4. The van der Waals surface area contributed by atoms with Crippen LogP contribution in [0.4, 0.5) is 5.69 Å². The number of fused-ring (bicyclic) bond motifs is 3. The Morgan fingerprint density at radius 1 is 1.11 bits per heavy atom. The number of aromatic nitrogens is 2. The van der Waals surface area contributed by atoms with Gasteiger partial charge in [-0.1, -0.05) is 38.1 Å². The number of carbonyl (C=O) groups excluding carboxylic acids is 2. The van der Waals surface area contributed by atoms with Crippen LogP contribution in [0.25, 0.3) is 10.9 Å². The molecule has 194 valence electrons. The number of hydrogen-bond acceptors (Lipinski definition) is 5. The fraction of sp³-hybridized carbons (Fsp3) is 0.467. The van der Waals surface area contributed by atoms with Gasteiger partial charge < -0.3 is 10.2 Å². The molecule has 1 saturated carbocycles. The summed E-state index contributed by atoms with van der Waals surface area (Å²) in [6.45, 7) is 6.68. The molecule has 0 radical (unpaired) electrons. The molecular formula is C30H36N4O3. The number of nitrogens with zero attached hydrogens (tertiary/aromatic N) is 3. The van der Waals surface area contributed by atoms with Crippen LogP contribution in [-0.2, 0) is 9.59 Å². The zero-order valence-electron chi connectivity index (χ0n) is 21.9. The zero-order chi connectivity index (χ0) is 26.1. The second-order valence-electron chi connectivity index (χ2n) is 11.2. The molecule has 2 heterocycles. The topological polar surface area (TPSA) is 84.3 Å². The van der Waals surface area contributed by atoms with Gasteiger partial charge in [0.1, 0.15) is 11.8 Å². The summed E-state index contributed by atoms with van der Waals surface area (Å²) in [4.78, 5) is 46.2. The van der Waals surface area contributed by atoms with Crippen molar-refractivity contribution in [1.82, 2.24) is 14.9 Å². The molecule has 2 bridgehead atoms. The van der Waals surface area contributed by atoms with Crippen molar-refractivity contribution >= 4 is 28.3 Å². The summed E-state index contributed by atoms with van der Waals surface area (Å²) in [6.07, 6.45) is 5.94. The highest BCUT2D eigenvalue weighted by atomic mass is 16.2. The van der Waals surface area contributed by atoms with Crippen LogP contribution in [0.15, 0.2) is 59.7 Å². The number of hydrogen-bond donors (Lipinski definition) is 1. The molecule has 2 aliphatic rings. The van der Waals surface area contributed by atoms with Crippen molar-refractivity contribution in [3.63, 3.8) is 0 Å². The van der Waals surface area contributed by atoms with Gasteiger partial charge in [-0.2, -0.15) is 0 Å². The number of piperidine rings is 1. The lowest BCUT2D eigenvalue weighted by molar-refractivity contribution is -0.126. The molecule has 1 aliphatic carbocycles. The maximum Gasteiger partial charge on any atom is 0.261 e. The van der Waals surface area contributed by atoms with Gasteiger partial charge >= 0.3 is 0 Å². The van der Waals surface area contributed by atoms with Crippen molar-refractivity contribution in [2.24, 2.45) is 11.8 Å². The molecule has 1 aromatic heterocycles. The summed E-state index contributed by atoms with van der Waals surface area (Å²) in [6, 6.07) is 14.8. The number of Topliss-reactive ketones (excluding diaryl/α,β-unsaturated/α-hetero) is 1. The lowest BCUT2D eigenvalue weighted by Crippen LogP contribution is -2.40. The number of anilines is 1. The van der Waals surface area contributed by atoms with Crippen molar-refractivity contribution in [2.75, 3.05) is 11.4 Å². The van der Waals surface area contributed by atoms with Crippen molar-refractivity contribution in [2.45, 2.75) is 71.0 Å². The number of carbonyl (C=O) groups is 2. The van der Waals surface area contributed by atoms with Gasteiger partial charge in [0, 0.05) is 24.7 Å². The van der Waals surface area contributed by atoms with Gasteiger partial charge in [0.25, 0.3) is 5.56 Å². The Bertz CT molecular complexity index is 1360. The quantitative estimate of drug-likeness (QED) is 0.456. The molecule has 0 spiro atoms. The van der Waals surface area contributed by atoms with E-state index < -0.39 is 12.1 Å². The molecule has 7 heteroatoms. The lowest BCUT2D eigenvalue weighted by Gasteiger charge is -2.30. The Hall–Kier alpha value is -3.48. The Kier molecular flexibility index (Phi) is 7.13. The smallest absolute Gasteiger partial charge is 0.261 e. The fourth-order valence-electron chi connectivity index (χ4n) is 6.07. The van der Waals surface area contributed by atoms with Crippen LogP contribution in [-0.4, -0.2) is 33.8 Å². The van der Waals surface area contributed by atoms with E-state index in [2.05, 4.69) is 27.3 Å². The molecule has 2 unspecified atom stereocenters. The van der Waals surface area contributed by atoms with E-state index in [-0.39, 0.29) is 29.6 Å². The Balaban J connectivity index is 1.44. The molecule has 1 aliphatic heterocycles. The fourth-order valence-corrected chi connectivity index (χ4v) is 6.07. The van der Waals surface area contributed by atoms with Gasteiger partial charge in [-0.25, -0.2) is 4.98 Å². The molecule has 7 nitrogen and oxygen atoms in total. The number of rotatable bonds is 9. The van der Waals surface area contributed by atoms with Gasteiger partial charge in [0.2, 0.25) is 5.91 Å². The molecule has 5 rings (SSSR count). The highest BCUT2D eigenvalue weighted by Gasteiger charge is 2.38. The average molecular weight is 501 g/mol. The van der Waals surface area contributed by atoms with Crippen LogP contribution in [0.2, 0.25) is 0 Å². The second kappa shape index (κ2) is 10.5. The Morgan fingerprint density at radius 2 is 1.92 bits per heavy atom. The van der Waals surface area contributed by atoms with Crippen LogP contribution in [0.3, 0.4) is 0 Å². The van der Waals surface area contributed by atoms with E-state index in [0.29, 0.717) is 23.4 Å². The number of nitrogens with one attached hydrogen (secondary N) is 1. The Labute approximate surface area is 217 Å². The number of amides is 1.